The summed E-state index contributed by atoms with van der Waals surface area (Å²) in [6, 6.07) is 7.94. The quantitative estimate of drug-likeness (QED) is 0.591. The lowest BCUT2D eigenvalue weighted by Gasteiger charge is -1.96. The molecular formula is C9H10N2. The number of aryl methyl sites for hydroxylation is 2. The molecule has 1 N–H and O–H groups in total. The topological polar surface area (TPSA) is 36.2 Å². The van der Waals surface area contributed by atoms with E-state index < -0.39 is 0 Å². The van der Waals surface area contributed by atoms with Crippen LogP contribution < -0.4 is 0 Å². The SMILES string of the molecule is Cc1cc(C)cc(N=C=N)c1. The molecule has 0 aliphatic heterocycles. The summed E-state index contributed by atoms with van der Waals surface area (Å²) in [6.45, 7) is 4.02. The largest absolute Gasteiger partial charge is 0.241 e. The molecule has 2 nitrogen and oxygen atoms in total. The van der Waals surface area contributed by atoms with E-state index >= 15 is 0 Å². The van der Waals surface area contributed by atoms with Crippen molar-refractivity contribution in [2.24, 2.45) is 4.99 Å². The Labute approximate surface area is 66.1 Å². The predicted molar refractivity (Wildman–Crippen MR) is 45.7 cm³/mol. The number of hydrogen-bond donors (Lipinski definition) is 1. The predicted octanol–water partition coefficient (Wildman–Crippen LogP) is 2.69. The molecule has 0 atom stereocenters. The monoisotopic (exact) mass is 146 g/mol. The van der Waals surface area contributed by atoms with Crippen molar-refractivity contribution in [3.63, 3.8) is 0 Å². The lowest BCUT2D eigenvalue weighted by atomic mass is 10.1. The highest BCUT2D eigenvalue weighted by Gasteiger charge is 1.91. The highest BCUT2D eigenvalue weighted by atomic mass is 14.7. The number of nitrogens with zero attached hydrogens (tertiary/aromatic N) is 1. The summed E-state index contributed by atoms with van der Waals surface area (Å²) in [5.74, 6) is 0. The molecule has 1 rings (SSSR count). The van der Waals surface area contributed by atoms with Gasteiger partial charge in [-0.15, -0.1) is 0 Å². The molecule has 11 heavy (non-hydrogen) atoms. The third-order valence-corrected chi connectivity index (χ3v) is 1.39. The van der Waals surface area contributed by atoms with Crippen molar-refractivity contribution in [1.29, 1.82) is 5.41 Å². The average molecular weight is 146 g/mol. The molecule has 0 bridgehead atoms. The van der Waals surface area contributed by atoms with Gasteiger partial charge in [0, 0.05) is 0 Å². The van der Waals surface area contributed by atoms with E-state index in [2.05, 4.69) is 11.1 Å². The van der Waals surface area contributed by atoms with Gasteiger partial charge in [0.05, 0.1) is 11.7 Å². The zero-order valence-electron chi connectivity index (χ0n) is 6.68. The molecule has 0 spiro atoms. The first kappa shape index (κ1) is 7.70. The Morgan fingerprint density at radius 2 is 1.73 bits per heavy atom. The van der Waals surface area contributed by atoms with Gasteiger partial charge in [-0.1, -0.05) is 6.07 Å². The third kappa shape index (κ3) is 2.03. The van der Waals surface area contributed by atoms with Crippen LogP contribution in [0.3, 0.4) is 0 Å². The van der Waals surface area contributed by atoms with Gasteiger partial charge in [0.25, 0.3) is 0 Å². The summed E-state index contributed by atoms with van der Waals surface area (Å²) in [4.78, 5) is 3.74. The smallest absolute Gasteiger partial charge is 0.0918 e. The maximum absolute atomic E-state index is 6.66. The van der Waals surface area contributed by atoms with Crippen LogP contribution >= 0.6 is 0 Å². The molecule has 0 aliphatic carbocycles. The molecule has 2 heteroatoms. The Hall–Kier alpha value is -1.40. The first-order valence-electron chi connectivity index (χ1n) is 3.43. The van der Waals surface area contributed by atoms with E-state index in [1.54, 1.807) is 0 Å². The number of aliphatic imine (C=N–C) groups is 1. The van der Waals surface area contributed by atoms with E-state index in [1.807, 2.05) is 32.0 Å². The molecule has 0 aliphatic rings. The Bertz CT molecular complexity index is 289. The van der Waals surface area contributed by atoms with Crippen molar-refractivity contribution < 1.29 is 0 Å². The highest BCUT2D eigenvalue weighted by Crippen LogP contribution is 2.15. The minimum Gasteiger partial charge on any atom is -0.241 e. The molecule has 0 radical (unpaired) electrons. The van der Waals surface area contributed by atoms with Crippen molar-refractivity contribution in [3.8, 4) is 0 Å². The fourth-order valence-electron chi connectivity index (χ4n) is 1.08. The molecule has 56 valence electrons. The van der Waals surface area contributed by atoms with Gasteiger partial charge < -0.3 is 0 Å². The molecule has 0 fully saturated rings. The van der Waals surface area contributed by atoms with E-state index in [0.29, 0.717) is 0 Å². The van der Waals surface area contributed by atoms with Gasteiger partial charge in [-0.05, 0) is 37.1 Å². The van der Waals surface area contributed by atoms with Crippen LogP contribution in [0.5, 0.6) is 0 Å². The second kappa shape index (κ2) is 3.13. The zero-order valence-corrected chi connectivity index (χ0v) is 6.68. The van der Waals surface area contributed by atoms with Gasteiger partial charge in [-0.2, -0.15) is 4.99 Å². The second-order valence-electron chi connectivity index (χ2n) is 2.57. The maximum Gasteiger partial charge on any atom is 0.0918 e. The molecule has 0 saturated carbocycles. The number of benzene rings is 1. The van der Waals surface area contributed by atoms with Crippen LogP contribution in [0.25, 0.3) is 0 Å². The standard InChI is InChI=1S/C9H10N2/c1-7-3-8(2)5-9(4-7)11-6-10/h3-5,10H,1-2H3. The van der Waals surface area contributed by atoms with Crippen molar-refractivity contribution in [2.45, 2.75) is 13.8 Å². The number of hydrogen-bond acceptors (Lipinski definition) is 2. The summed E-state index contributed by atoms with van der Waals surface area (Å²) in [5, 5.41) is 6.66. The fraction of sp³-hybridized carbons (Fsp3) is 0.222. The Morgan fingerprint density at radius 3 is 2.18 bits per heavy atom. The molecule has 1 aromatic rings. The molecule has 0 saturated heterocycles. The first-order chi connectivity index (χ1) is 5.22. The molecular weight excluding hydrogens is 136 g/mol. The normalized spacial score (nSPS) is 8.91. The van der Waals surface area contributed by atoms with E-state index in [9.17, 15) is 0 Å². The Morgan fingerprint density at radius 1 is 1.18 bits per heavy atom. The van der Waals surface area contributed by atoms with Crippen LogP contribution in [0, 0.1) is 19.3 Å². The minimum atomic E-state index is 0.803. The van der Waals surface area contributed by atoms with Gasteiger partial charge >= 0.3 is 0 Å². The van der Waals surface area contributed by atoms with Crippen molar-refractivity contribution in [2.75, 3.05) is 0 Å². The minimum absolute atomic E-state index is 0.803. The summed E-state index contributed by atoms with van der Waals surface area (Å²) in [6.07, 6.45) is 0. The molecule has 0 aromatic heterocycles. The Balaban J connectivity index is 3.18. The lowest BCUT2D eigenvalue weighted by Crippen LogP contribution is -1.75. The lowest BCUT2D eigenvalue weighted by molar-refractivity contribution is 1.36. The molecule has 0 amide bonds. The van der Waals surface area contributed by atoms with Crippen LogP contribution in [0.4, 0.5) is 5.69 Å². The first-order valence-corrected chi connectivity index (χ1v) is 3.43. The Kier molecular flexibility index (Phi) is 2.19. The van der Waals surface area contributed by atoms with Gasteiger partial charge in [-0.3, -0.25) is 0 Å². The van der Waals surface area contributed by atoms with Gasteiger partial charge in [-0.25, -0.2) is 5.41 Å². The van der Waals surface area contributed by atoms with Crippen LogP contribution in [0.15, 0.2) is 23.2 Å². The van der Waals surface area contributed by atoms with Gasteiger partial charge in [0.1, 0.15) is 0 Å². The fourth-order valence-corrected chi connectivity index (χ4v) is 1.08. The highest BCUT2D eigenvalue weighted by molar-refractivity contribution is 5.52. The number of nitrogens with one attached hydrogen (secondary N) is 1. The molecule has 0 heterocycles. The van der Waals surface area contributed by atoms with Crippen molar-refractivity contribution in [3.05, 3.63) is 29.3 Å². The van der Waals surface area contributed by atoms with Crippen LogP contribution in [0.2, 0.25) is 0 Å². The van der Waals surface area contributed by atoms with E-state index in [1.165, 1.54) is 11.1 Å². The average Bonchev–Trinajstić information content (AvgIpc) is 1.85. The van der Waals surface area contributed by atoms with E-state index in [0.717, 1.165) is 5.69 Å². The van der Waals surface area contributed by atoms with E-state index in [4.69, 9.17) is 5.41 Å². The summed E-state index contributed by atoms with van der Waals surface area (Å²) in [7, 11) is 0. The van der Waals surface area contributed by atoms with Gasteiger partial charge in [0.2, 0.25) is 0 Å². The third-order valence-electron chi connectivity index (χ3n) is 1.39. The number of rotatable bonds is 1. The van der Waals surface area contributed by atoms with Crippen LogP contribution in [0.1, 0.15) is 11.1 Å². The molecule has 1 aromatic carbocycles. The van der Waals surface area contributed by atoms with E-state index in [-0.39, 0.29) is 0 Å². The summed E-state index contributed by atoms with van der Waals surface area (Å²) in [5.41, 5.74) is 3.13. The van der Waals surface area contributed by atoms with Crippen LogP contribution in [-0.2, 0) is 0 Å². The second-order valence-corrected chi connectivity index (χ2v) is 2.57. The molecule has 0 unspecified atom stereocenters. The van der Waals surface area contributed by atoms with Crippen molar-refractivity contribution in [1.82, 2.24) is 0 Å². The van der Waals surface area contributed by atoms with Crippen LogP contribution in [-0.4, -0.2) is 6.01 Å². The summed E-state index contributed by atoms with van der Waals surface area (Å²) >= 11 is 0. The zero-order chi connectivity index (χ0) is 8.27. The maximum atomic E-state index is 6.66. The summed E-state index contributed by atoms with van der Waals surface area (Å²) < 4.78 is 0. The van der Waals surface area contributed by atoms with Crippen molar-refractivity contribution >= 4 is 11.7 Å². The van der Waals surface area contributed by atoms with Gasteiger partial charge in [0.15, 0.2) is 0 Å².